The molecular formula is C13H17NO2. The number of hydrogen-bond donors (Lipinski definition) is 2. The van der Waals surface area contributed by atoms with Crippen molar-refractivity contribution < 1.29 is 9.90 Å². The number of phenols is 1. The van der Waals surface area contributed by atoms with Gasteiger partial charge in [0.15, 0.2) is 0 Å². The second-order valence-electron chi connectivity index (χ2n) is 4.39. The first kappa shape index (κ1) is 11.0. The number of nitrogens with one attached hydrogen (secondary N) is 1. The highest BCUT2D eigenvalue weighted by molar-refractivity contribution is 5.94. The Balaban J connectivity index is 1.76. The molecule has 2 rings (SSSR count). The van der Waals surface area contributed by atoms with Crippen molar-refractivity contribution >= 4 is 5.91 Å². The topological polar surface area (TPSA) is 49.3 Å². The molecule has 1 saturated carbocycles. The summed E-state index contributed by atoms with van der Waals surface area (Å²) in [7, 11) is 0. The number of rotatable bonds is 4. The fraction of sp³-hybridized carbons (Fsp3) is 0.462. The third-order valence-electron chi connectivity index (χ3n) is 3.19. The van der Waals surface area contributed by atoms with Gasteiger partial charge in [0.25, 0.3) is 5.91 Å². The summed E-state index contributed by atoms with van der Waals surface area (Å²) < 4.78 is 0. The van der Waals surface area contributed by atoms with Crippen molar-refractivity contribution in [2.75, 3.05) is 6.54 Å². The fourth-order valence-electron chi connectivity index (χ4n) is 1.89. The molecule has 0 unspecified atom stereocenters. The van der Waals surface area contributed by atoms with Crippen LogP contribution in [0.3, 0.4) is 0 Å². The lowest BCUT2D eigenvalue weighted by Crippen LogP contribution is -2.27. The van der Waals surface area contributed by atoms with Crippen LogP contribution in [0.2, 0.25) is 0 Å². The molecule has 0 spiro atoms. The Labute approximate surface area is 95.5 Å². The van der Waals surface area contributed by atoms with E-state index in [9.17, 15) is 4.79 Å². The van der Waals surface area contributed by atoms with E-state index < -0.39 is 0 Å². The van der Waals surface area contributed by atoms with Crippen molar-refractivity contribution in [3.63, 3.8) is 0 Å². The number of carbonyl (C=O) groups is 1. The number of carbonyl (C=O) groups excluding carboxylic acids is 1. The Bertz CT molecular complexity index is 355. The molecule has 1 aromatic rings. The lowest BCUT2D eigenvalue weighted by atomic mass is 9.83. The molecular weight excluding hydrogens is 202 g/mol. The van der Waals surface area contributed by atoms with E-state index in [2.05, 4.69) is 5.32 Å². The van der Waals surface area contributed by atoms with Gasteiger partial charge >= 0.3 is 0 Å². The summed E-state index contributed by atoms with van der Waals surface area (Å²) in [4.78, 5) is 11.7. The molecule has 16 heavy (non-hydrogen) atoms. The molecule has 86 valence electrons. The van der Waals surface area contributed by atoms with Gasteiger partial charge in [0.05, 0.1) is 0 Å². The van der Waals surface area contributed by atoms with E-state index in [-0.39, 0.29) is 11.7 Å². The van der Waals surface area contributed by atoms with E-state index in [1.807, 2.05) is 0 Å². The van der Waals surface area contributed by atoms with Crippen LogP contribution in [0.25, 0.3) is 0 Å². The molecule has 1 amide bonds. The first-order valence-corrected chi connectivity index (χ1v) is 5.83. The molecule has 0 atom stereocenters. The summed E-state index contributed by atoms with van der Waals surface area (Å²) in [5.74, 6) is 0.949. The van der Waals surface area contributed by atoms with Crippen molar-refractivity contribution in [2.45, 2.75) is 25.7 Å². The number of hydrogen-bond acceptors (Lipinski definition) is 2. The Morgan fingerprint density at radius 3 is 2.56 bits per heavy atom. The van der Waals surface area contributed by atoms with Gasteiger partial charge < -0.3 is 10.4 Å². The Morgan fingerprint density at radius 1 is 1.31 bits per heavy atom. The van der Waals surface area contributed by atoms with E-state index in [1.165, 1.54) is 31.4 Å². The highest BCUT2D eigenvalue weighted by Gasteiger charge is 2.16. The van der Waals surface area contributed by atoms with E-state index in [0.29, 0.717) is 5.56 Å². The van der Waals surface area contributed by atoms with Gasteiger partial charge in [0.1, 0.15) is 5.75 Å². The van der Waals surface area contributed by atoms with E-state index in [1.54, 1.807) is 12.1 Å². The van der Waals surface area contributed by atoms with E-state index >= 15 is 0 Å². The Morgan fingerprint density at radius 2 is 2.00 bits per heavy atom. The molecule has 3 nitrogen and oxygen atoms in total. The van der Waals surface area contributed by atoms with Crippen LogP contribution in [-0.2, 0) is 0 Å². The molecule has 1 aromatic carbocycles. The SMILES string of the molecule is O=C(NCCC1CCC1)c1ccc(O)cc1. The maximum Gasteiger partial charge on any atom is 0.251 e. The van der Waals surface area contributed by atoms with Gasteiger partial charge in [-0.05, 0) is 36.6 Å². The summed E-state index contributed by atoms with van der Waals surface area (Å²) in [5.41, 5.74) is 0.603. The van der Waals surface area contributed by atoms with E-state index in [0.717, 1.165) is 18.9 Å². The minimum Gasteiger partial charge on any atom is -0.508 e. The highest BCUT2D eigenvalue weighted by Crippen LogP contribution is 2.28. The van der Waals surface area contributed by atoms with Crippen LogP contribution in [0.1, 0.15) is 36.0 Å². The largest absolute Gasteiger partial charge is 0.508 e. The highest BCUT2D eigenvalue weighted by atomic mass is 16.3. The third-order valence-corrected chi connectivity index (χ3v) is 3.19. The second kappa shape index (κ2) is 5.01. The zero-order valence-electron chi connectivity index (χ0n) is 9.28. The predicted octanol–water partition coefficient (Wildman–Crippen LogP) is 2.31. The van der Waals surface area contributed by atoms with Gasteiger partial charge in [-0.2, -0.15) is 0 Å². The number of phenolic OH excluding ortho intramolecular Hbond substituents is 1. The quantitative estimate of drug-likeness (QED) is 0.816. The molecule has 2 N–H and O–H groups in total. The van der Waals surface area contributed by atoms with Crippen molar-refractivity contribution in [1.82, 2.24) is 5.32 Å². The zero-order chi connectivity index (χ0) is 11.4. The first-order valence-electron chi connectivity index (χ1n) is 5.83. The smallest absolute Gasteiger partial charge is 0.251 e. The lowest BCUT2D eigenvalue weighted by Gasteiger charge is -2.25. The summed E-state index contributed by atoms with van der Waals surface area (Å²) in [6, 6.07) is 6.32. The molecule has 1 aliphatic carbocycles. The van der Waals surface area contributed by atoms with Crippen LogP contribution < -0.4 is 5.32 Å². The van der Waals surface area contributed by atoms with Gasteiger partial charge in [-0.15, -0.1) is 0 Å². The molecule has 0 radical (unpaired) electrons. The molecule has 0 aliphatic heterocycles. The summed E-state index contributed by atoms with van der Waals surface area (Å²) >= 11 is 0. The maximum absolute atomic E-state index is 11.7. The second-order valence-corrected chi connectivity index (χ2v) is 4.39. The third kappa shape index (κ3) is 2.75. The van der Waals surface area contributed by atoms with Gasteiger partial charge in [-0.3, -0.25) is 4.79 Å². The molecule has 0 saturated heterocycles. The summed E-state index contributed by atoms with van der Waals surface area (Å²) in [6.45, 7) is 0.754. The molecule has 3 heteroatoms. The lowest BCUT2D eigenvalue weighted by molar-refractivity contribution is 0.0949. The van der Waals surface area contributed by atoms with Gasteiger partial charge in [0, 0.05) is 12.1 Å². The average molecular weight is 219 g/mol. The van der Waals surface area contributed by atoms with Crippen molar-refractivity contribution in [1.29, 1.82) is 0 Å². The standard InChI is InChI=1S/C13H17NO2/c15-12-6-4-11(5-7-12)13(16)14-9-8-10-2-1-3-10/h4-7,10,15H,1-3,8-9H2,(H,14,16). The zero-order valence-corrected chi connectivity index (χ0v) is 9.28. The van der Waals surface area contributed by atoms with Crippen LogP contribution >= 0.6 is 0 Å². The normalized spacial score (nSPS) is 15.5. The van der Waals surface area contributed by atoms with Gasteiger partial charge in [-0.1, -0.05) is 19.3 Å². The van der Waals surface area contributed by atoms with Crippen LogP contribution in [0, 0.1) is 5.92 Å². The number of benzene rings is 1. The van der Waals surface area contributed by atoms with Gasteiger partial charge in [0.2, 0.25) is 0 Å². The fourth-order valence-corrected chi connectivity index (χ4v) is 1.89. The minimum absolute atomic E-state index is 0.0562. The number of aromatic hydroxyl groups is 1. The Kier molecular flexibility index (Phi) is 3.44. The van der Waals surface area contributed by atoms with Crippen molar-refractivity contribution in [2.24, 2.45) is 5.92 Å². The first-order chi connectivity index (χ1) is 7.75. The summed E-state index contributed by atoms with van der Waals surface area (Å²) in [5, 5.41) is 12.0. The van der Waals surface area contributed by atoms with Gasteiger partial charge in [-0.25, -0.2) is 0 Å². The van der Waals surface area contributed by atoms with Crippen LogP contribution in [-0.4, -0.2) is 17.6 Å². The van der Waals surface area contributed by atoms with Crippen LogP contribution in [0.4, 0.5) is 0 Å². The van der Waals surface area contributed by atoms with Crippen LogP contribution in [0.15, 0.2) is 24.3 Å². The van der Waals surface area contributed by atoms with Crippen molar-refractivity contribution in [3.05, 3.63) is 29.8 Å². The average Bonchev–Trinajstić information content (AvgIpc) is 2.22. The molecule has 1 aliphatic rings. The molecule has 0 bridgehead atoms. The summed E-state index contributed by atoms with van der Waals surface area (Å²) in [6.07, 6.45) is 5.06. The molecule has 1 fully saturated rings. The van der Waals surface area contributed by atoms with E-state index in [4.69, 9.17) is 5.11 Å². The molecule has 0 heterocycles. The predicted molar refractivity (Wildman–Crippen MR) is 62.4 cm³/mol. The monoisotopic (exact) mass is 219 g/mol. The maximum atomic E-state index is 11.7. The number of amides is 1. The van der Waals surface area contributed by atoms with Crippen LogP contribution in [0.5, 0.6) is 5.75 Å². The minimum atomic E-state index is -0.0562. The Hall–Kier alpha value is -1.51. The van der Waals surface area contributed by atoms with Crippen molar-refractivity contribution in [3.8, 4) is 5.75 Å². The molecule has 0 aromatic heterocycles.